The van der Waals surface area contributed by atoms with E-state index < -0.39 is 55.4 Å². The first-order valence-electron chi connectivity index (χ1n) is 6.17. The van der Waals surface area contributed by atoms with Gasteiger partial charge in [-0.05, 0) is 6.92 Å². The van der Waals surface area contributed by atoms with Crippen LogP contribution in [0.3, 0.4) is 0 Å². The lowest BCUT2D eigenvalue weighted by atomic mass is 9.95. The highest BCUT2D eigenvalue weighted by Gasteiger charge is 2.49. The van der Waals surface area contributed by atoms with Gasteiger partial charge in [0.1, 0.15) is 24.4 Å². The van der Waals surface area contributed by atoms with Crippen LogP contribution in [0.5, 0.6) is 0 Å². The van der Waals surface area contributed by atoms with Gasteiger partial charge in [-0.1, -0.05) is 0 Å². The summed E-state index contributed by atoms with van der Waals surface area (Å²) in [6.07, 6.45) is -8.56. The number of carboxylic acid groups (broad SMARTS) is 2. The van der Waals surface area contributed by atoms with Crippen LogP contribution in [0.2, 0.25) is 0 Å². The van der Waals surface area contributed by atoms with Crippen LogP contribution in [0.4, 0.5) is 4.79 Å². The van der Waals surface area contributed by atoms with E-state index in [2.05, 4.69) is 0 Å². The van der Waals surface area contributed by atoms with E-state index in [1.54, 1.807) is 0 Å². The van der Waals surface area contributed by atoms with Crippen LogP contribution in [0.15, 0.2) is 0 Å². The number of carboxylic acids is 1. The van der Waals surface area contributed by atoms with Crippen LogP contribution in [0.25, 0.3) is 0 Å². The van der Waals surface area contributed by atoms with Crippen molar-refractivity contribution in [1.82, 2.24) is 4.90 Å². The van der Waals surface area contributed by atoms with Gasteiger partial charge in [-0.15, -0.1) is 0 Å². The highest BCUT2D eigenvalue weighted by atomic mass is 16.6. The van der Waals surface area contributed by atoms with Gasteiger partial charge in [0.15, 0.2) is 12.4 Å². The van der Waals surface area contributed by atoms with Gasteiger partial charge >= 0.3 is 12.1 Å². The number of aliphatic hydroxyl groups excluding tert-OH is 3. The van der Waals surface area contributed by atoms with Gasteiger partial charge in [-0.25, -0.2) is 9.59 Å². The molecule has 21 heavy (non-hydrogen) atoms. The number of hydrogen-bond donors (Lipinski definition) is 5. The summed E-state index contributed by atoms with van der Waals surface area (Å²) in [6.45, 7) is 0.547. The molecule has 1 rings (SSSR count). The molecule has 0 aromatic carbocycles. The second-order valence-electron chi connectivity index (χ2n) is 4.70. The first-order valence-corrected chi connectivity index (χ1v) is 6.17. The van der Waals surface area contributed by atoms with Crippen molar-refractivity contribution in [2.45, 2.75) is 43.7 Å². The molecule has 10 heteroatoms. The van der Waals surface area contributed by atoms with Crippen LogP contribution >= 0.6 is 0 Å². The van der Waals surface area contributed by atoms with Gasteiger partial charge in [0.25, 0.3) is 0 Å². The molecular formula is C11H19NO9. The molecule has 1 fully saturated rings. The minimum absolute atomic E-state index is 0.650. The summed E-state index contributed by atoms with van der Waals surface area (Å²) in [4.78, 5) is 22.5. The number of aliphatic carboxylic acids is 1. The highest BCUT2D eigenvalue weighted by Crippen LogP contribution is 2.26. The first kappa shape index (κ1) is 17.6. The monoisotopic (exact) mass is 309 g/mol. The molecule has 1 amide bonds. The van der Waals surface area contributed by atoms with Crippen LogP contribution in [-0.4, -0.2) is 92.9 Å². The van der Waals surface area contributed by atoms with Gasteiger partial charge in [-0.3, -0.25) is 0 Å². The first-order chi connectivity index (χ1) is 9.70. The summed E-state index contributed by atoms with van der Waals surface area (Å²) >= 11 is 0. The number of amides is 1. The maximum atomic E-state index is 11.0. The molecule has 1 aliphatic heterocycles. The van der Waals surface area contributed by atoms with E-state index in [0.29, 0.717) is 4.90 Å². The summed E-state index contributed by atoms with van der Waals surface area (Å²) in [5.41, 5.74) is 0. The van der Waals surface area contributed by atoms with Crippen molar-refractivity contribution in [3.63, 3.8) is 0 Å². The van der Waals surface area contributed by atoms with Gasteiger partial charge < -0.3 is 39.9 Å². The summed E-state index contributed by atoms with van der Waals surface area (Å²) in [6, 6.07) is -1.35. The molecule has 10 nitrogen and oxygen atoms in total. The third-order valence-electron chi connectivity index (χ3n) is 3.30. The third kappa shape index (κ3) is 3.80. The Morgan fingerprint density at radius 3 is 2.33 bits per heavy atom. The zero-order valence-corrected chi connectivity index (χ0v) is 11.5. The molecule has 0 radical (unpaired) electrons. The van der Waals surface area contributed by atoms with Crippen molar-refractivity contribution in [1.29, 1.82) is 0 Å². The predicted octanol–water partition coefficient (Wildman–Crippen LogP) is -2.11. The van der Waals surface area contributed by atoms with E-state index in [1.807, 2.05) is 0 Å². The molecule has 0 aromatic rings. The van der Waals surface area contributed by atoms with Crippen molar-refractivity contribution < 1.29 is 44.6 Å². The SMILES string of the molecule is C[C@@H](O[C@H]1[C@H](O)[C@@H](CO)O[C@@H](O)[C@@H]1N(C)C(=O)O)C(=O)O. The summed E-state index contributed by atoms with van der Waals surface area (Å²) in [5, 5.41) is 46.8. The Hall–Kier alpha value is -1.46. The molecule has 6 atom stereocenters. The van der Waals surface area contributed by atoms with E-state index >= 15 is 0 Å². The Morgan fingerprint density at radius 1 is 1.33 bits per heavy atom. The molecule has 0 spiro atoms. The van der Waals surface area contributed by atoms with Crippen molar-refractivity contribution in [3.05, 3.63) is 0 Å². The average Bonchev–Trinajstić information content (AvgIpc) is 2.41. The van der Waals surface area contributed by atoms with Crippen LogP contribution in [0.1, 0.15) is 6.92 Å². The lowest BCUT2D eigenvalue weighted by Crippen LogP contribution is -2.65. The zero-order valence-electron chi connectivity index (χ0n) is 11.5. The Labute approximate surface area is 120 Å². The maximum Gasteiger partial charge on any atom is 0.407 e. The summed E-state index contributed by atoms with van der Waals surface area (Å²) in [7, 11) is 1.12. The number of rotatable bonds is 5. The molecule has 1 aliphatic rings. The Bertz CT molecular complexity index is 390. The molecule has 0 saturated carbocycles. The van der Waals surface area contributed by atoms with E-state index in [0.717, 1.165) is 7.05 Å². The topological polar surface area (TPSA) is 157 Å². The maximum absolute atomic E-state index is 11.0. The fourth-order valence-electron chi connectivity index (χ4n) is 2.06. The number of nitrogens with zero attached hydrogens (tertiary/aromatic N) is 1. The van der Waals surface area contributed by atoms with E-state index in [-0.39, 0.29) is 0 Å². The molecule has 0 aromatic heterocycles. The molecule has 1 saturated heterocycles. The Balaban J connectivity index is 3.04. The Kier molecular flexibility index (Phi) is 5.87. The second-order valence-corrected chi connectivity index (χ2v) is 4.70. The van der Waals surface area contributed by atoms with Crippen molar-refractivity contribution >= 4 is 12.1 Å². The number of carbonyl (C=O) groups is 2. The lowest BCUT2D eigenvalue weighted by Gasteiger charge is -2.45. The number of ether oxygens (including phenoxy) is 2. The fourth-order valence-corrected chi connectivity index (χ4v) is 2.06. The molecule has 122 valence electrons. The summed E-state index contributed by atoms with van der Waals surface area (Å²) in [5.74, 6) is -1.32. The van der Waals surface area contributed by atoms with Crippen LogP contribution in [-0.2, 0) is 14.3 Å². The standard InChI is InChI=1S/C11H19NO9/c1-4(9(15)16)20-8-6(12(2)11(18)19)10(17)21-5(3-13)7(8)14/h4-8,10,13-14,17H,3H2,1-2H3,(H,15,16)(H,18,19)/t4-,5-,6-,7-,8-,10-/m1/s1. The van der Waals surface area contributed by atoms with E-state index in [4.69, 9.17) is 24.8 Å². The van der Waals surface area contributed by atoms with Gasteiger partial charge in [0, 0.05) is 7.05 Å². The van der Waals surface area contributed by atoms with Gasteiger partial charge in [0.2, 0.25) is 0 Å². The fraction of sp³-hybridized carbons (Fsp3) is 0.818. The van der Waals surface area contributed by atoms with Crippen molar-refractivity contribution in [3.8, 4) is 0 Å². The van der Waals surface area contributed by atoms with Crippen molar-refractivity contribution in [2.75, 3.05) is 13.7 Å². The zero-order chi connectivity index (χ0) is 16.3. The van der Waals surface area contributed by atoms with Crippen LogP contribution < -0.4 is 0 Å². The van der Waals surface area contributed by atoms with Crippen molar-refractivity contribution in [2.24, 2.45) is 0 Å². The number of likely N-dealkylation sites (N-methyl/N-ethyl adjacent to an activating group) is 1. The van der Waals surface area contributed by atoms with Crippen LogP contribution in [0, 0.1) is 0 Å². The molecule has 5 N–H and O–H groups in total. The smallest absolute Gasteiger partial charge is 0.407 e. The summed E-state index contributed by atoms with van der Waals surface area (Å²) < 4.78 is 10.1. The van der Waals surface area contributed by atoms with Gasteiger partial charge in [-0.2, -0.15) is 0 Å². The normalized spacial score (nSPS) is 34.2. The molecular weight excluding hydrogens is 290 g/mol. The minimum atomic E-state index is -1.68. The second kappa shape index (κ2) is 7.00. The predicted molar refractivity (Wildman–Crippen MR) is 65.5 cm³/mol. The van der Waals surface area contributed by atoms with E-state index in [1.165, 1.54) is 6.92 Å². The number of aliphatic hydroxyl groups is 3. The molecule has 0 bridgehead atoms. The lowest BCUT2D eigenvalue weighted by molar-refractivity contribution is -0.279. The minimum Gasteiger partial charge on any atom is -0.479 e. The largest absolute Gasteiger partial charge is 0.479 e. The van der Waals surface area contributed by atoms with Gasteiger partial charge in [0.05, 0.1) is 6.61 Å². The van der Waals surface area contributed by atoms with E-state index in [9.17, 15) is 19.8 Å². The number of hydrogen-bond acceptors (Lipinski definition) is 7. The molecule has 1 heterocycles. The Morgan fingerprint density at radius 2 is 1.90 bits per heavy atom. The highest BCUT2D eigenvalue weighted by molar-refractivity contribution is 5.71. The molecule has 0 unspecified atom stereocenters. The average molecular weight is 309 g/mol. The quantitative estimate of drug-likeness (QED) is 0.383. The molecule has 0 aliphatic carbocycles. The third-order valence-corrected chi connectivity index (χ3v) is 3.30.